The number of carbonyl (C=O) groups excluding carboxylic acids is 2. The molecule has 0 spiro atoms. The Balaban J connectivity index is 1.80. The van der Waals surface area contributed by atoms with Gasteiger partial charge in [-0.05, 0) is 12.8 Å². The lowest BCUT2D eigenvalue weighted by atomic mass is 10.1. The van der Waals surface area contributed by atoms with Crippen LogP contribution in [0, 0.1) is 5.92 Å². The second-order valence-corrected chi connectivity index (χ2v) is 4.99. The maximum absolute atomic E-state index is 11.9. The first-order valence-electron chi connectivity index (χ1n) is 6.35. The van der Waals surface area contributed by atoms with E-state index in [1.165, 1.54) is 7.11 Å². The van der Waals surface area contributed by atoms with Gasteiger partial charge in [0.2, 0.25) is 11.8 Å². The molecule has 7 nitrogen and oxygen atoms in total. The van der Waals surface area contributed by atoms with Gasteiger partial charge < -0.3 is 20.1 Å². The van der Waals surface area contributed by atoms with Gasteiger partial charge in [0.25, 0.3) is 0 Å². The topological polar surface area (TPSA) is 95.9 Å². The number of likely N-dealkylation sites (tertiary alicyclic amines) is 1. The van der Waals surface area contributed by atoms with Crippen molar-refractivity contribution in [3.8, 4) is 0 Å². The molecule has 0 aromatic rings. The van der Waals surface area contributed by atoms with E-state index in [1.807, 2.05) is 0 Å². The fourth-order valence-electron chi connectivity index (χ4n) is 2.26. The summed E-state index contributed by atoms with van der Waals surface area (Å²) in [7, 11) is 1.28. The van der Waals surface area contributed by atoms with Gasteiger partial charge in [0, 0.05) is 26.1 Å². The minimum Gasteiger partial charge on any atom is -0.479 e. The van der Waals surface area contributed by atoms with Crippen molar-refractivity contribution in [1.29, 1.82) is 0 Å². The molecular formula is C12H18N2O5. The first-order valence-corrected chi connectivity index (χ1v) is 6.35. The Bertz CT molecular complexity index is 394. The summed E-state index contributed by atoms with van der Waals surface area (Å²) in [6.07, 6.45) is 1.20. The molecule has 7 heteroatoms. The van der Waals surface area contributed by atoms with Crippen molar-refractivity contribution in [3.05, 3.63) is 0 Å². The zero-order chi connectivity index (χ0) is 14.0. The highest BCUT2D eigenvalue weighted by molar-refractivity contribution is 5.89. The molecule has 19 heavy (non-hydrogen) atoms. The van der Waals surface area contributed by atoms with E-state index in [9.17, 15) is 14.4 Å². The highest BCUT2D eigenvalue weighted by Gasteiger charge is 2.41. The molecule has 2 rings (SSSR count). The fourth-order valence-corrected chi connectivity index (χ4v) is 2.26. The van der Waals surface area contributed by atoms with Gasteiger partial charge in [0.15, 0.2) is 6.10 Å². The summed E-state index contributed by atoms with van der Waals surface area (Å²) in [4.78, 5) is 36.1. The van der Waals surface area contributed by atoms with Crippen LogP contribution in [-0.4, -0.2) is 60.1 Å². The van der Waals surface area contributed by atoms with E-state index in [4.69, 9.17) is 9.84 Å². The predicted molar refractivity (Wildman–Crippen MR) is 64.3 cm³/mol. The maximum atomic E-state index is 11.9. The lowest BCUT2D eigenvalue weighted by molar-refractivity contribution is -0.148. The van der Waals surface area contributed by atoms with Crippen LogP contribution in [0.25, 0.3) is 0 Å². The zero-order valence-electron chi connectivity index (χ0n) is 10.8. The fraction of sp³-hybridized carbons (Fsp3) is 0.750. The minimum absolute atomic E-state index is 0.0178. The monoisotopic (exact) mass is 270 g/mol. The van der Waals surface area contributed by atoms with Crippen LogP contribution in [0.4, 0.5) is 0 Å². The molecule has 2 fully saturated rings. The Morgan fingerprint density at radius 1 is 1.53 bits per heavy atom. The van der Waals surface area contributed by atoms with Crippen LogP contribution >= 0.6 is 0 Å². The number of nitrogens with zero attached hydrogens (tertiary/aromatic N) is 1. The quantitative estimate of drug-likeness (QED) is 0.659. The highest BCUT2D eigenvalue weighted by atomic mass is 16.5. The molecule has 1 heterocycles. The summed E-state index contributed by atoms with van der Waals surface area (Å²) in [6, 6.07) is 0.316. The van der Waals surface area contributed by atoms with E-state index >= 15 is 0 Å². The molecule has 1 aliphatic carbocycles. The van der Waals surface area contributed by atoms with E-state index < -0.39 is 12.1 Å². The maximum Gasteiger partial charge on any atom is 0.334 e. The van der Waals surface area contributed by atoms with Gasteiger partial charge in [-0.1, -0.05) is 0 Å². The number of rotatable bonds is 6. The van der Waals surface area contributed by atoms with Crippen molar-refractivity contribution in [2.24, 2.45) is 5.92 Å². The van der Waals surface area contributed by atoms with E-state index in [1.54, 1.807) is 4.90 Å². The third-order valence-electron chi connectivity index (χ3n) is 3.54. The van der Waals surface area contributed by atoms with Gasteiger partial charge in [-0.2, -0.15) is 0 Å². The van der Waals surface area contributed by atoms with Crippen LogP contribution in [0.3, 0.4) is 0 Å². The molecule has 0 aromatic carbocycles. The molecule has 2 atom stereocenters. The number of hydrogen-bond acceptors (Lipinski definition) is 4. The zero-order valence-corrected chi connectivity index (χ0v) is 10.8. The molecule has 1 saturated heterocycles. The molecule has 0 radical (unpaired) electrons. The van der Waals surface area contributed by atoms with Crippen LogP contribution in [0.1, 0.15) is 19.3 Å². The molecule has 0 aromatic heterocycles. The normalized spacial score (nSPS) is 24.4. The lowest BCUT2D eigenvalue weighted by Gasteiger charge is -2.16. The Morgan fingerprint density at radius 2 is 2.21 bits per heavy atom. The average molecular weight is 270 g/mol. The molecule has 1 aliphatic heterocycles. The van der Waals surface area contributed by atoms with Crippen LogP contribution in [0.15, 0.2) is 0 Å². The van der Waals surface area contributed by atoms with Crippen molar-refractivity contribution in [1.82, 2.24) is 10.2 Å². The minimum atomic E-state index is -1.12. The first kappa shape index (κ1) is 13.8. The van der Waals surface area contributed by atoms with Crippen LogP contribution in [-0.2, 0) is 19.1 Å². The van der Waals surface area contributed by atoms with Crippen molar-refractivity contribution < 1.29 is 24.2 Å². The summed E-state index contributed by atoms with van der Waals surface area (Å²) in [6.45, 7) is 0.360. The van der Waals surface area contributed by atoms with Crippen LogP contribution < -0.4 is 5.32 Å². The number of carbonyl (C=O) groups is 3. The first-order chi connectivity index (χ1) is 9.02. The molecule has 2 aliphatic rings. The second kappa shape index (κ2) is 5.56. The number of carboxylic acid groups (broad SMARTS) is 1. The Labute approximate surface area is 110 Å². The summed E-state index contributed by atoms with van der Waals surface area (Å²) in [5, 5.41) is 11.3. The average Bonchev–Trinajstić information content (AvgIpc) is 3.12. The Morgan fingerprint density at radius 3 is 2.74 bits per heavy atom. The third-order valence-corrected chi connectivity index (χ3v) is 3.54. The van der Waals surface area contributed by atoms with Gasteiger partial charge in [0.1, 0.15) is 0 Å². The van der Waals surface area contributed by atoms with Crippen molar-refractivity contribution in [3.63, 3.8) is 0 Å². The molecule has 106 valence electrons. The molecule has 0 bridgehead atoms. The summed E-state index contributed by atoms with van der Waals surface area (Å²) >= 11 is 0. The number of amides is 2. The number of carboxylic acids is 1. The third kappa shape index (κ3) is 3.23. The van der Waals surface area contributed by atoms with E-state index in [0.717, 1.165) is 12.8 Å². The Kier molecular flexibility index (Phi) is 4.04. The number of nitrogens with one attached hydrogen (secondary N) is 1. The molecule has 1 saturated carbocycles. The lowest BCUT2D eigenvalue weighted by Crippen LogP contribution is -2.41. The van der Waals surface area contributed by atoms with Crippen molar-refractivity contribution >= 4 is 17.8 Å². The molecule has 2 unspecified atom stereocenters. The van der Waals surface area contributed by atoms with Gasteiger partial charge >= 0.3 is 5.97 Å². The van der Waals surface area contributed by atoms with Crippen LogP contribution in [0.2, 0.25) is 0 Å². The SMILES string of the molecule is COC(CNC(=O)C1CC(=O)N(C2CC2)C1)C(=O)O. The number of aliphatic carboxylic acids is 1. The van der Waals surface area contributed by atoms with Gasteiger partial charge in [-0.25, -0.2) is 4.79 Å². The van der Waals surface area contributed by atoms with Gasteiger partial charge in [0.05, 0.1) is 12.5 Å². The molecule has 2 amide bonds. The molecule has 2 N–H and O–H groups in total. The van der Waals surface area contributed by atoms with E-state index in [2.05, 4.69) is 5.32 Å². The van der Waals surface area contributed by atoms with E-state index in [-0.39, 0.29) is 30.7 Å². The molecular weight excluding hydrogens is 252 g/mol. The van der Waals surface area contributed by atoms with E-state index in [0.29, 0.717) is 12.6 Å². The predicted octanol–water partition coefficient (Wildman–Crippen LogP) is -0.787. The standard InChI is InChI=1S/C12H18N2O5/c1-19-9(12(17)18)5-13-11(16)7-4-10(15)14(6-7)8-2-3-8/h7-9H,2-6H2,1H3,(H,13,16)(H,17,18). The van der Waals surface area contributed by atoms with Gasteiger partial charge in [-0.3, -0.25) is 9.59 Å². The van der Waals surface area contributed by atoms with Crippen molar-refractivity contribution in [2.45, 2.75) is 31.4 Å². The number of hydrogen-bond donors (Lipinski definition) is 2. The smallest absolute Gasteiger partial charge is 0.334 e. The van der Waals surface area contributed by atoms with Crippen molar-refractivity contribution in [2.75, 3.05) is 20.2 Å². The summed E-state index contributed by atoms with van der Waals surface area (Å²) in [5.74, 6) is -1.76. The largest absolute Gasteiger partial charge is 0.479 e. The summed E-state index contributed by atoms with van der Waals surface area (Å²) < 4.78 is 4.72. The summed E-state index contributed by atoms with van der Waals surface area (Å²) in [5.41, 5.74) is 0. The van der Waals surface area contributed by atoms with Crippen LogP contribution in [0.5, 0.6) is 0 Å². The number of ether oxygens (including phenoxy) is 1. The van der Waals surface area contributed by atoms with Gasteiger partial charge in [-0.15, -0.1) is 0 Å². The number of methoxy groups -OCH3 is 1. The Hall–Kier alpha value is -1.63. The second-order valence-electron chi connectivity index (χ2n) is 4.99. The highest BCUT2D eigenvalue weighted by Crippen LogP contribution is 2.32.